The summed E-state index contributed by atoms with van der Waals surface area (Å²) in [7, 11) is 1.69. The molecule has 0 saturated heterocycles. The molecule has 1 heterocycles. The van der Waals surface area contributed by atoms with Crippen LogP contribution in [0.2, 0.25) is 0 Å². The van der Waals surface area contributed by atoms with Gasteiger partial charge >= 0.3 is 0 Å². The molecule has 2 aromatic rings. The first-order chi connectivity index (χ1) is 10.2. The van der Waals surface area contributed by atoms with Gasteiger partial charge in [-0.15, -0.1) is 0 Å². The molecule has 0 spiro atoms. The first-order valence-corrected chi connectivity index (χ1v) is 8.06. The Hall–Kier alpha value is -1.52. The predicted octanol–water partition coefficient (Wildman–Crippen LogP) is 4.30. The van der Waals surface area contributed by atoms with Crippen LogP contribution in [0.5, 0.6) is 5.75 Å². The first kappa shape index (κ1) is 15.9. The summed E-state index contributed by atoms with van der Waals surface area (Å²) >= 11 is 1.63. The monoisotopic (exact) mass is 302 g/mol. The van der Waals surface area contributed by atoms with Gasteiger partial charge in [0.15, 0.2) is 0 Å². The first-order valence-electron chi connectivity index (χ1n) is 7.24. The van der Waals surface area contributed by atoms with Crippen LogP contribution in [0.15, 0.2) is 52.5 Å². The number of para-hydroxylation sites is 1. The Morgan fingerprint density at radius 1 is 1.29 bits per heavy atom. The van der Waals surface area contributed by atoms with Gasteiger partial charge in [-0.25, -0.2) is 4.98 Å². The van der Waals surface area contributed by atoms with Crippen LogP contribution in [0.25, 0.3) is 0 Å². The highest BCUT2D eigenvalue weighted by Gasteiger charge is 2.08. The second-order valence-electron chi connectivity index (χ2n) is 4.86. The zero-order valence-electron chi connectivity index (χ0n) is 12.8. The Morgan fingerprint density at radius 2 is 2.10 bits per heavy atom. The highest BCUT2D eigenvalue weighted by molar-refractivity contribution is 7.99. The molecule has 0 fully saturated rings. The van der Waals surface area contributed by atoms with Crippen LogP contribution in [0, 0.1) is 0 Å². The molecule has 4 heteroatoms. The van der Waals surface area contributed by atoms with Crippen LogP contribution in [0.3, 0.4) is 0 Å². The van der Waals surface area contributed by atoms with Crippen LogP contribution < -0.4 is 10.1 Å². The lowest BCUT2D eigenvalue weighted by Gasteiger charge is -2.14. The molecule has 0 radical (unpaired) electrons. The van der Waals surface area contributed by atoms with E-state index >= 15 is 0 Å². The van der Waals surface area contributed by atoms with Crippen LogP contribution >= 0.6 is 11.8 Å². The summed E-state index contributed by atoms with van der Waals surface area (Å²) in [5.74, 6) is 0.881. The van der Waals surface area contributed by atoms with Crippen LogP contribution in [-0.4, -0.2) is 18.6 Å². The average Bonchev–Trinajstić information content (AvgIpc) is 2.53. The van der Waals surface area contributed by atoms with Gasteiger partial charge in [0, 0.05) is 12.2 Å². The quantitative estimate of drug-likeness (QED) is 0.827. The maximum atomic E-state index is 5.39. The van der Waals surface area contributed by atoms with Gasteiger partial charge in [-0.1, -0.05) is 30.8 Å². The number of methoxy groups -OCH3 is 1. The lowest BCUT2D eigenvalue weighted by Crippen LogP contribution is -2.19. The van der Waals surface area contributed by atoms with Crippen LogP contribution in [0.1, 0.15) is 31.9 Å². The van der Waals surface area contributed by atoms with Crippen molar-refractivity contribution in [3.8, 4) is 5.75 Å². The van der Waals surface area contributed by atoms with Crippen molar-refractivity contribution in [2.24, 2.45) is 0 Å². The van der Waals surface area contributed by atoms with Gasteiger partial charge in [0.05, 0.1) is 12.0 Å². The van der Waals surface area contributed by atoms with E-state index in [-0.39, 0.29) is 0 Å². The summed E-state index contributed by atoms with van der Waals surface area (Å²) in [6.45, 7) is 5.39. The van der Waals surface area contributed by atoms with Crippen molar-refractivity contribution in [3.05, 3.63) is 48.2 Å². The number of pyridine rings is 1. The van der Waals surface area contributed by atoms with E-state index in [1.807, 2.05) is 24.4 Å². The fourth-order valence-electron chi connectivity index (χ4n) is 2.04. The molecule has 1 aromatic carbocycles. The molecule has 0 saturated carbocycles. The molecule has 1 unspecified atom stereocenters. The molecule has 112 valence electrons. The summed E-state index contributed by atoms with van der Waals surface area (Å²) in [6, 6.07) is 12.6. The number of ether oxygens (including phenoxy) is 1. The molecule has 21 heavy (non-hydrogen) atoms. The Morgan fingerprint density at radius 3 is 2.86 bits per heavy atom. The summed E-state index contributed by atoms with van der Waals surface area (Å²) in [6.07, 6.45) is 3.01. The molecule has 0 aliphatic carbocycles. The van der Waals surface area contributed by atoms with Gasteiger partial charge < -0.3 is 10.1 Å². The van der Waals surface area contributed by atoms with E-state index in [1.54, 1.807) is 18.9 Å². The van der Waals surface area contributed by atoms with Crippen LogP contribution in [0.4, 0.5) is 0 Å². The number of nitrogens with zero attached hydrogens (tertiary/aromatic N) is 1. The van der Waals surface area contributed by atoms with Crippen molar-refractivity contribution >= 4 is 11.8 Å². The van der Waals surface area contributed by atoms with E-state index in [0.29, 0.717) is 6.04 Å². The Bertz CT molecular complexity index is 574. The number of rotatable bonds is 7. The third-order valence-corrected chi connectivity index (χ3v) is 4.23. The minimum Gasteiger partial charge on any atom is -0.496 e. The molecule has 3 nitrogen and oxygen atoms in total. The van der Waals surface area contributed by atoms with E-state index in [1.165, 1.54) is 5.56 Å². The summed E-state index contributed by atoms with van der Waals surface area (Å²) in [5, 5.41) is 4.49. The second kappa shape index (κ2) is 8.05. The highest BCUT2D eigenvalue weighted by atomic mass is 32.2. The minimum absolute atomic E-state index is 0.338. The molecule has 0 aliphatic rings. The fourth-order valence-corrected chi connectivity index (χ4v) is 2.98. The standard InChI is InChI=1S/C17H22N2OS/c1-4-10-18-13(2)14-9-11-19-17(12-14)21-16-8-6-5-7-15(16)20-3/h5-9,11-13,18H,4,10H2,1-3H3. The molecule has 1 aromatic heterocycles. The highest BCUT2D eigenvalue weighted by Crippen LogP contribution is 2.34. The number of aromatic nitrogens is 1. The predicted molar refractivity (Wildman–Crippen MR) is 88.1 cm³/mol. The van der Waals surface area contributed by atoms with E-state index in [9.17, 15) is 0 Å². The molecular weight excluding hydrogens is 280 g/mol. The third-order valence-electron chi connectivity index (χ3n) is 3.24. The van der Waals surface area contributed by atoms with Gasteiger partial charge in [0.2, 0.25) is 0 Å². The molecular formula is C17H22N2OS. The van der Waals surface area contributed by atoms with Crippen molar-refractivity contribution in [3.63, 3.8) is 0 Å². The molecule has 2 rings (SSSR count). The Balaban J connectivity index is 2.14. The topological polar surface area (TPSA) is 34.2 Å². The molecule has 0 bridgehead atoms. The maximum absolute atomic E-state index is 5.39. The number of hydrogen-bond donors (Lipinski definition) is 1. The van der Waals surface area contributed by atoms with Crippen molar-refractivity contribution in [2.75, 3.05) is 13.7 Å². The minimum atomic E-state index is 0.338. The Kier molecular flexibility index (Phi) is 6.08. The zero-order chi connectivity index (χ0) is 15.1. The molecule has 0 aliphatic heterocycles. The van der Waals surface area contributed by atoms with Gasteiger partial charge in [0.1, 0.15) is 10.8 Å². The van der Waals surface area contributed by atoms with E-state index in [4.69, 9.17) is 4.74 Å². The fraction of sp³-hybridized carbons (Fsp3) is 0.353. The van der Waals surface area contributed by atoms with E-state index < -0.39 is 0 Å². The Labute approximate surface area is 131 Å². The average molecular weight is 302 g/mol. The van der Waals surface area contributed by atoms with E-state index in [0.717, 1.165) is 28.6 Å². The number of hydrogen-bond acceptors (Lipinski definition) is 4. The molecule has 1 N–H and O–H groups in total. The zero-order valence-corrected chi connectivity index (χ0v) is 13.6. The van der Waals surface area contributed by atoms with E-state index in [2.05, 4.69) is 42.3 Å². The van der Waals surface area contributed by atoms with Crippen molar-refractivity contribution < 1.29 is 4.74 Å². The molecule has 1 atom stereocenters. The van der Waals surface area contributed by atoms with Crippen molar-refractivity contribution in [2.45, 2.75) is 36.2 Å². The van der Waals surface area contributed by atoms with Crippen molar-refractivity contribution in [1.82, 2.24) is 10.3 Å². The normalized spacial score (nSPS) is 12.1. The lowest BCUT2D eigenvalue weighted by atomic mass is 10.1. The van der Waals surface area contributed by atoms with Gasteiger partial charge in [0.25, 0.3) is 0 Å². The SMILES string of the molecule is CCCNC(C)c1ccnc(Sc2ccccc2OC)c1. The number of benzene rings is 1. The number of nitrogens with one attached hydrogen (secondary N) is 1. The third kappa shape index (κ3) is 4.48. The van der Waals surface area contributed by atoms with Gasteiger partial charge in [-0.2, -0.15) is 0 Å². The van der Waals surface area contributed by atoms with Gasteiger partial charge in [-0.05, 0) is 49.7 Å². The summed E-state index contributed by atoms with van der Waals surface area (Å²) in [4.78, 5) is 5.53. The second-order valence-corrected chi connectivity index (χ2v) is 5.92. The van der Waals surface area contributed by atoms with Gasteiger partial charge in [-0.3, -0.25) is 0 Å². The lowest BCUT2D eigenvalue weighted by molar-refractivity contribution is 0.405. The largest absolute Gasteiger partial charge is 0.496 e. The molecule has 0 amide bonds. The van der Waals surface area contributed by atoms with Crippen LogP contribution in [-0.2, 0) is 0 Å². The maximum Gasteiger partial charge on any atom is 0.132 e. The van der Waals surface area contributed by atoms with Crippen molar-refractivity contribution in [1.29, 1.82) is 0 Å². The summed E-state index contributed by atoms with van der Waals surface area (Å²) in [5.41, 5.74) is 1.26. The summed E-state index contributed by atoms with van der Waals surface area (Å²) < 4.78 is 5.39. The smallest absolute Gasteiger partial charge is 0.132 e.